The summed E-state index contributed by atoms with van der Waals surface area (Å²) in [5, 5.41) is 0. The van der Waals surface area contributed by atoms with E-state index < -0.39 is 0 Å². The number of esters is 1. The van der Waals surface area contributed by atoms with Crippen molar-refractivity contribution < 1.29 is 19.0 Å². The second-order valence-electron chi connectivity index (χ2n) is 4.83. The maximum absolute atomic E-state index is 11.4. The fourth-order valence-corrected chi connectivity index (χ4v) is 1.35. The molecule has 18 heavy (non-hydrogen) atoms. The molecule has 0 N–H and O–H groups in total. The fraction of sp³-hybridized carbons (Fsp3) is 0.500. The van der Waals surface area contributed by atoms with Crippen LogP contribution in [-0.2, 0) is 4.79 Å². The van der Waals surface area contributed by atoms with Crippen molar-refractivity contribution in [3.63, 3.8) is 0 Å². The Labute approximate surface area is 108 Å². The highest BCUT2D eigenvalue weighted by Gasteiger charge is 2.20. The Balaban J connectivity index is 3.12. The van der Waals surface area contributed by atoms with Gasteiger partial charge in [-0.2, -0.15) is 0 Å². The van der Waals surface area contributed by atoms with Crippen molar-refractivity contribution in [1.82, 2.24) is 0 Å². The lowest BCUT2D eigenvalue weighted by Gasteiger charge is -2.23. The van der Waals surface area contributed by atoms with Crippen LogP contribution in [0.2, 0.25) is 0 Å². The molecule has 1 aromatic rings. The molecule has 0 aliphatic rings. The topological polar surface area (TPSA) is 44.8 Å². The van der Waals surface area contributed by atoms with E-state index in [0.717, 1.165) is 0 Å². The van der Waals surface area contributed by atoms with E-state index in [2.05, 4.69) is 0 Å². The molecule has 0 amide bonds. The third-order valence-corrected chi connectivity index (χ3v) is 2.08. The van der Waals surface area contributed by atoms with Gasteiger partial charge in [-0.25, -0.2) is 0 Å². The van der Waals surface area contributed by atoms with Gasteiger partial charge in [0, 0.05) is 6.42 Å². The van der Waals surface area contributed by atoms with Crippen LogP contribution in [0.25, 0.3) is 0 Å². The molecule has 0 atom stereocenters. The number of rotatable bonds is 4. The van der Waals surface area contributed by atoms with Crippen molar-refractivity contribution in [1.29, 1.82) is 0 Å². The maximum Gasteiger partial charge on any atom is 0.311 e. The highest BCUT2D eigenvalue weighted by Crippen LogP contribution is 2.38. The predicted octanol–water partition coefficient (Wildman–Crippen LogP) is 3.19. The zero-order valence-corrected chi connectivity index (χ0v) is 11.6. The minimum Gasteiger partial charge on any atom is -0.493 e. The molecule has 100 valence electrons. The quantitative estimate of drug-likeness (QED) is 0.610. The van der Waals surface area contributed by atoms with Crippen molar-refractivity contribution in [2.24, 2.45) is 0 Å². The Bertz CT molecular complexity index is 418. The van der Waals surface area contributed by atoms with Crippen molar-refractivity contribution >= 4 is 5.97 Å². The predicted molar refractivity (Wildman–Crippen MR) is 69.3 cm³/mol. The van der Waals surface area contributed by atoms with E-state index in [0.29, 0.717) is 23.7 Å². The van der Waals surface area contributed by atoms with Crippen molar-refractivity contribution in [2.45, 2.75) is 39.7 Å². The average Bonchev–Trinajstić information content (AvgIpc) is 2.29. The first-order valence-corrected chi connectivity index (χ1v) is 5.94. The highest BCUT2D eigenvalue weighted by atomic mass is 16.6. The van der Waals surface area contributed by atoms with Crippen LogP contribution >= 0.6 is 0 Å². The third kappa shape index (κ3) is 3.95. The first kappa shape index (κ1) is 14.4. The van der Waals surface area contributed by atoms with E-state index in [-0.39, 0.29) is 11.6 Å². The number of ether oxygens (including phenoxy) is 3. The summed E-state index contributed by atoms with van der Waals surface area (Å²) in [6, 6.07) is 5.28. The van der Waals surface area contributed by atoms with E-state index >= 15 is 0 Å². The Hall–Kier alpha value is -1.71. The van der Waals surface area contributed by atoms with Gasteiger partial charge in [0.2, 0.25) is 5.75 Å². The van der Waals surface area contributed by atoms with Gasteiger partial charge >= 0.3 is 5.97 Å². The Morgan fingerprint density at radius 1 is 1.22 bits per heavy atom. The standard InChI is InChI=1S/C14H20O4/c1-6-12(15)17-13-10(16-5)8-7-9-11(13)18-14(2,3)4/h7-9H,6H2,1-5H3. The van der Waals surface area contributed by atoms with Crippen molar-refractivity contribution in [2.75, 3.05) is 7.11 Å². The molecule has 0 bridgehead atoms. The molecule has 1 rings (SSSR count). The molecular formula is C14H20O4. The van der Waals surface area contributed by atoms with Gasteiger partial charge in [0.25, 0.3) is 0 Å². The maximum atomic E-state index is 11.4. The smallest absolute Gasteiger partial charge is 0.311 e. The molecule has 0 aliphatic heterocycles. The molecule has 0 saturated heterocycles. The van der Waals surface area contributed by atoms with Gasteiger partial charge in [0.1, 0.15) is 5.60 Å². The Morgan fingerprint density at radius 3 is 2.33 bits per heavy atom. The fourth-order valence-electron chi connectivity index (χ4n) is 1.35. The molecule has 0 aliphatic carbocycles. The highest BCUT2D eigenvalue weighted by molar-refractivity contribution is 5.74. The summed E-state index contributed by atoms with van der Waals surface area (Å²) in [5.74, 6) is 1.00. The molecule has 4 heteroatoms. The summed E-state index contributed by atoms with van der Waals surface area (Å²) in [5.41, 5.74) is -0.375. The van der Waals surface area contributed by atoms with Gasteiger partial charge in [-0.05, 0) is 32.9 Å². The van der Waals surface area contributed by atoms with Crippen LogP contribution in [-0.4, -0.2) is 18.7 Å². The molecule has 0 aromatic heterocycles. The largest absolute Gasteiger partial charge is 0.493 e. The Morgan fingerprint density at radius 2 is 1.83 bits per heavy atom. The van der Waals surface area contributed by atoms with Gasteiger partial charge in [-0.3, -0.25) is 4.79 Å². The molecule has 0 saturated carbocycles. The van der Waals surface area contributed by atoms with Crippen LogP contribution in [0.4, 0.5) is 0 Å². The molecule has 0 unspecified atom stereocenters. The number of hydrogen-bond acceptors (Lipinski definition) is 4. The summed E-state index contributed by atoms with van der Waals surface area (Å²) in [4.78, 5) is 11.4. The monoisotopic (exact) mass is 252 g/mol. The van der Waals surface area contributed by atoms with Crippen molar-refractivity contribution in [3.05, 3.63) is 18.2 Å². The average molecular weight is 252 g/mol. The van der Waals surface area contributed by atoms with Crippen LogP contribution in [0, 0.1) is 0 Å². The minimum atomic E-state index is -0.375. The summed E-state index contributed by atoms with van der Waals surface area (Å²) >= 11 is 0. The van der Waals surface area contributed by atoms with Crippen LogP contribution < -0.4 is 14.2 Å². The van der Waals surface area contributed by atoms with E-state index in [1.165, 1.54) is 7.11 Å². The van der Waals surface area contributed by atoms with Crippen LogP contribution in [0.15, 0.2) is 18.2 Å². The second kappa shape index (κ2) is 5.76. The third-order valence-electron chi connectivity index (χ3n) is 2.08. The van der Waals surface area contributed by atoms with E-state index in [4.69, 9.17) is 14.2 Å². The zero-order chi connectivity index (χ0) is 13.8. The van der Waals surface area contributed by atoms with Crippen molar-refractivity contribution in [3.8, 4) is 17.2 Å². The number of carbonyl (C=O) groups is 1. The van der Waals surface area contributed by atoms with Gasteiger partial charge in [-0.15, -0.1) is 0 Å². The van der Waals surface area contributed by atoms with Crippen LogP contribution in [0.5, 0.6) is 17.2 Å². The molecular weight excluding hydrogens is 232 g/mol. The molecule has 4 nitrogen and oxygen atoms in total. The van der Waals surface area contributed by atoms with Gasteiger partial charge in [-0.1, -0.05) is 13.0 Å². The second-order valence-corrected chi connectivity index (χ2v) is 4.83. The number of benzene rings is 1. The van der Waals surface area contributed by atoms with E-state index in [1.807, 2.05) is 20.8 Å². The summed E-state index contributed by atoms with van der Waals surface area (Å²) in [6.07, 6.45) is 0.299. The Kier molecular flexibility index (Phi) is 4.59. The summed E-state index contributed by atoms with van der Waals surface area (Å²) < 4.78 is 16.2. The molecule has 0 fully saturated rings. The lowest BCUT2D eigenvalue weighted by Crippen LogP contribution is -2.23. The summed E-state index contributed by atoms with van der Waals surface area (Å²) in [7, 11) is 1.53. The summed E-state index contributed by atoms with van der Waals surface area (Å²) in [6.45, 7) is 7.52. The molecule has 0 spiro atoms. The normalized spacial score (nSPS) is 10.9. The number of methoxy groups -OCH3 is 1. The molecule has 0 heterocycles. The lowest BCUT2D eigenvalue weighted by molar-refractivity contribution is -0.134. The first-order chi connectivity index (χ1) is 8.37. The minimum absolute atomic E-state index is 0.299. The SMILES string of the molecule is CCC(=O)Oc1c(OC)cccc1OC(C)(C)C. The van der Waals surface area contributed by atoms with Crippen LogP contribution in [0.3, 0.4) is 0 Å². The molecule has 0 radical (unpaired) electrons. The molecule has 1 aromatic carbocycles. The zero-order valence-electron chi connectivity index (χ0n) is 11.6. The van der Waals surface area contributed by atoms with E-state index in [9.17, 15) is 4.79 Å². The number of carbonyl (C=O) groups excluding carboxylic acids is 1. The van der Waals surface area contributed by atoms with Gasteiger partial charge < -0.3 is 14.2 Å². The van der Waals surface area contributed by atoms with Crippen LogP contribution in [0.1, 0.15) is 34.1 Å². The number of hydrogen-bond donors (Lipinski definition) is 0. The number of para-hydroxylation sites is 1. The van der Waals surface area contributed by atoms with E-state index in [1.54, 1.807) is 25.1 Å². The van der Waals surface area contributed by atoms with Gasteiger partial charge in [0.15, 0.2) is 11.5 Å². The van der Waals surface area contributed by atoms with Gasteiger partial charge in [0.05, 0.1) is 7.11 Å². The lowest BCUT2D eigenvalue weighted by atomic mass is 10.2. The first-order valence-electron chi connectivity index (χ1n) is 5.94.